The number of nitrogens with zero attached hydrogens (tertiary/aromatic N) is 5. The van der Waals surface area contributed by atoms with Crippen molar-refractivity contribution in [2.45, 2.75) is 0 Å². The number of benzene rings is 1. The summed E-state index contributed by atoms with van der Waals surface area (Å²) >= 11 is -0.897. The minimum absolute atomic E-state index is 0.793. The van der Waals surface area contributed by atoms with Gasteiger partial charge in [0.25, 0.3) is 0 Å². The van der Waals surface area contributed by atoms with E-state index in [0.717, 1.165) is 54.5 Å². The summed E-state index contributed by atoms with van der Waals surface area (Å²) in [7, 11) is 2.02. The van der Waals surface area contributed by atoms with Gasteiger partial charge in [-0.3, -0.25) is 0 Å². The molecule has 0 radical (unpaired) electrons. The average molecular weight is 355 g/mol. The number of aromatic nitrogens is 3. The third-order valence-electron chi connectivity index (χ3n) is 4.68. The molecule has 7 heteroatoms. The van der Waals surface area contributed by atoms with Crippen molar-refractivity contribution >= 4 is 28.2 Å². The molecule has 3 heterocycles. The Morgan fingerprint density at radius 3 is 2.44 bits per heavy atom. The first-order valence-electron chi connectivity index (χ1n) is 8.36. The topological polar surface area (TPSA) is 60.2 Å². The molecule has 6 nitrogen and oxygen atoms in total. The number of hydrogen-bond acceptors (Lipinski definition) is 5. The number of para-hydroxylation sites is 2. The predicted molar refractivity (Wildman–Crippen MR) is 102 cm³/mol. The molecule has 1 unspecified atom stereocenters. The Morgan fingerprint density at radius 2 is 1.72 bits per heavy atom. The molecular formula is C18H21N5OS. The summed E-state index contributed by atoms with van der Waals surface area (Å²) in [5.74, 6) is 1.82. The van der Waals surface area contributed by atoms with E-state index in [2.05, 4.69) is 15.5 Å². The van der Waals surface area contributed by atoms with Crippen LogP contribution in [0, 0.1) is 0 Å². The molecule has 0 aliphatic carbocycles. The Hall–Kier alpha value is -2.09. The maximum Gasteiger partial charge on any atom is 0.159 e. The number of anilines is 1. The van der Waals surface area contributed by atoms with Crippen LogP contribution >= 0.6 is 0 Å². The SMILES string of the molecule is Cn1c(-c2cccc(N3CCN([S+](C)[O-])CC3)n2)nc2ccccc21. The largest absolute Gasteiger partial charge is 0.598 e. The van der Waals surface area contributed by atoms with E-state index in [0.29, 0.717) is 0 Å². The Bertz CT molecular complexity index is 886. The number of hydrogen-bond donors (Lipinski definition) is 0. The Labute approximate surface area is 150 Å². The maximum atomic E-state index is 11.6. The summed E-state index contributed by atoms with van der Waals surface area (Å²) in [5.41, 5.74) is 2.95. The van der Waals surface area contributed by atoms with Crippen molar-refractivity contribution in [1.29, 1.82) is 0 Å². The summed E-state index contributed by atoms with van der Waals surface area (Å²) in [4.78, 5) is 11.8. The lowest BCUT2D eigenvalue weighted by atomic mass is 10.3. The third-order valence-corrected chi connectivity index (χ3v) is 5.77. The molecule has 1 aliphatic rings. The molecule has 130 valence electrons. The van der Waals surface area contributed by atoms with E-state index >= 15 is 0 Å². The van der Waals surface area contributed by atoms with Gasteiger partial charge in [0.05, 0.1) is 24.1 Å². The Balaban J connectivity index is 1.62. The molecule has 1 saturated heterocycles. The molecule has 1 atom stereocenters. The van der Waals surface area contributed by atoms with Gasteiger partial charge in [-0.05, 0) is 24.3 Å². The molecule has 0 saturated carbocycles. The van der Waals surface area contributed by atoms with Crippen LogP contribution in [0.25, 0.3) is 22.6 Å². The molecule has 0 N–H and O–H groups in total. The van der Waals surface area contributed by atoms with Gasteiger partial charge in [0.1, 0.15) is 17.8 Å². The number of rotatable bonds is 3. The fraction of sp³-hybridized carbons (Fsp3) is 0.333. The first-order chi connectivity index (χ1) is 12.1. The second-order valence-electron chi connectivity index (χ2n) is 6.20. The van der Waals surface area contributed by atoms with Crippen LogP contribution in [0.5, 0.6) is 0 Å². The van der Waals surface area contributed by atoms with Gasteiger partial charge < -0.3 is 14.0 Å². The van der Waals surface area contributed by atoms with Gasteiger partial charge in [-0.25, -0.2) is 9.97 Å². The first kappa shape index (κ1) is 16.4. The van der Waals surface area contributed by atoms with E-state index in [1.165, 1.54) is 0 Å². The molecule has 3 aromatic rings. The van der Waals surface area contributed by atoms with Crippen molar-refractivity contribution in [1.82, 2.24) is 18.8 Å². The number of piperazine rings is 1. The van der Waals surface area contributed by atoms with Gasteiger partial charge in [-0.1, -0.05) is 18.2 Å². The molecule has 0 spiro atoms. The van der Waals surface area contributed by atoms with Crippen molar-refractivity contribution < 1.29 is 4.55 Å². The van der Waals surface area contributed by atoms with Gasteiger partial charge in [0.15, 0.2) is 5.82 Å². The van der Waals surface area contributed by atoms with Gasteiger partial charge in [-0.15, -0.1) is 4.31 Å². The highest BCUT2D eigenvalue weighted by Gasteiger charge is 2.24. The van der Waals surface area contributed by atoms with E-state index in [4.69, 9.17) is 9.97 Å². The van der Waals surface area contributed by atoms with Crippen molar-refractivity contribution in [3.63, 3.8) is 0 Å². The normalized spacial score (nSPS) is 17.2. The molecule has 1 aromatic carbocycles. The highest BCUT2D eigenvalue weighted by atomic mass is 32.2. The van der Waals surface area contributed by atoms with Crippen molar-refractivity contribution in [2.75, 3.05) is 37.3 Å². The van der Waals surface area contributed by atoms with Crippen LogP contribution in [-0.4, -0.2) is 55.8 Å². The average Bonchev–Trinajstić information content (AvgIpc) is 2.99. The number of imidazole rings is 1. The quantitative estimate of drug-likeness (QED) is 0.673. The zero-order valence-electron chi connectivity index (χ0n) is 14.4. The lowest BCUT2D eigenvalue weighted by Gasteiger charge is -2.34. The van der Waals surface area contributed by atoms with Crippen LogP contribution in [0.2, 0.25) is 0 Å². The minimum Gasteiger partial charge on any atom is -0.598 e. The highest BCUT2D eigenvalue weighted by Crippen LogP contribution is 2.24. The maximum absolute atomic E-state index is 11.6. The van der Waals surface area contributed by atoms with E-state index < -0.39 is 11.4 Å². The van der Waals surface area contributed by atoms with Gasteiger partial charge in [0.2, 0.25) is 0 Å². The summed E-state index contributed by atoms with van der Waals surface area (Å²) in [6, 6.07) is 14.2. The van der Waals surface area contributed by atoms with Crippen LogP contribution in [0.15, 0.2) is 42.5 Å². The minimum atomic E-state index is -0.897. The zero-order valence-corrected chi connectivity index (χ0v) is 15.2. The van der Waals surface area contributed by atoms with Crippen molar-refractivity contribution in [2.24, 2.45) is 7.05 Å². The second-order valence-corrected chi connectivity index (χ2v) is 7.57. The van der Waals surface area contributed by atoms with Crippen LogP contribution < -0.4 is 4.90 Å². The number of fused-ring (bicyclic) bond motifs is 1. The Morgan fingerprint density at radius 1 is 0.960 bits per heavy atom. The number of aryl methyl sites for hydroxylation is 1. The molecule has 0 bridgehead atoms. The van der Waals surface area contributed by atoms with Crippen LogP contribution in [0.4, 0.5) is 5.82 Å². The standard InChI is InChI=1S/C18H21N5OS/c1-21-16-8-4-3-6-14(16)20-18(21)15-7-5-9-17(19-15)22-10-12-23(13-11-22)25(2)24/h3-9H,10-13H2,1-2H3. The number of pyridine rings is 1. The molecule has 2 aromatic heterocycles. The molecule has 0 amide bonds. The van der Waals surface area contributed by atoms with Crippen molar-refractivity contribution in [3.8, 4) is 11.5 Å². The van der Waals surface area contributed by atoms with E-state index in [-0.39, 0.29) is 0 Å². The smallest absolute Gasteiger partial charge is 0.159 e. The van der Waals surface area contributed by atoms with Crippen LogP contribution in [0.1, 0.15) is 0 Å². The van der Waals surface area contributed by atoms with Gasteiger partial charge >= 0.3 is 0 Å². The van der Waals surface area contributed by atoms with Crippen LogP contribution in [-0.2, 0) is 18.4 Å². The fourth-order valence-corrected chi connectivity index (χ4v) is 3.95. The third kappa shape index (κ3) is 3.10. The van der Waals surface area contributed by atoms with E-state index in [9.17, 15) is 4.55 Å². The van der Waals surface area contributed by atoms with Gasteiger partial charge in [-0.2, -0.15) is 0 Å². The summed E-state index contributed by atoms with van der Waals surface area (Å²) in [5, 5.41) is 0. The Kier molecular flexibility index (Phi) is 4.37. The van der Waals surface area contributed by atoms with E-state index in [1.807, 2.05) is 47.8 Å². The summed E-state index contributed by atoms with van der Waals surface area (Å²) in [6.07, 6.45) is 1.74. The summed E-state index contributed by atoms with van der Waals surface area (Å²) in [6.45, 7) is 3.25. The monoisotopic (exact) mass is 355 g/mol. The molecule has 1 aliphatic heterocycles. The molecule has 1 fully saturated rings. The molecule has 25 heavy (non-hydrogen) atoms. The molecule has 4 rings (SSSR count). The van der Waals surface area contributed by atoms with Crippen molar-refractivity contribution in [3.05, 3.63) is 42.5 Å². The molecular weight excluding hydrogens is 334 g/mol. The highest BCUT2D eigenvalue weighted by molar-refractivity contribution is 7.88. The summed E-state index contributed by atoms with van der Waals surface area (Å²) < 4.78 is 15.7. The lowest BCUT2D eigenvalue weighted by Crippen LogP contribution is -2.48. The predicted octanol–water partition coefficient (Wildman–Crippen LogP) is 2.05. The first-order valence-corrected chi connectivity index (χ1v) is 9.87. The lowest BCUT2D eigenvalue weighted by molar-refractivity contribution is 0.387. The van der Waals surface area contributed by atoms with E-state index in [1.54, 1.807) is 6.26 Å². The van der Waals surface area contributed by atoms with Gasteiger partial charge in [0, 0.05) is 31.5 Å². The zero-order chi connectivity index (χ0) is 17.4. The van der Waals surface area contributed by atoms with Crippen LogP contribution in [0.3, 0.4) is 0 Å². The second kappa shape index (κ2) is 6.67. The fourth-order valence-electron chi connectivity index (χ4n) is 3.27.